The van der Waals surface area contributed by atoms with Crippen molar-refractivity contribution in [3.8, 4) is 0 Å². The van der Waals surface area contributed by atoms with Crippen LogP contribution in [0.5, 0.6) is 0 Å². The van der Waals surface area contributed by atoms with Crippen LogP contribution in [0.2, 0.25) is 0 Å². The second-order valence-electron chi connectivity index (χ2n) is 7.22. The molecule has 0 radical (unpaired) electrons. The first kappa shape index (κ1) is 22.3. The molecule has 2 aromatic rings. The molecule has 0 bridgehead atoms. The second kappa shape index (κ2) is 8.75. The predicted molar refractivity (Wildman–Crippen MR) is 116 cm³/mol. The van der Waals surface area contributed by atoms with E-state index in [0.717, 1.165) is 5.69 Å². The summed E-state index contributed by atoms with van der Waals surface area (Å²) in [5.41, 5.74) is 1.40. The Morgan fingerprint density at radius 1 is 0.833 bits per heavy atom. The van der Waals surface area contributed by atoms with Gasteiger partial charge in [0.25, 0.3) is 0 Å². The van der Waals surface area contributed by atoms with Crippen molar-refractivity contribution < 1.29 is 21.6 Å². The predicted octanol–water partition coefficient (Wildman–Crippen LogP) is 1.95. The summed E-state index contributed by atoms with van der Waals surface area (Å²) >= 11 is 0. The number of benzene rings is 2. The average Bonchev–Trinajstić information content (AvgIpc) is 2.94. The van der Waals surface area contributed by atoms with Gasteiger partial charge >= 0.3 is 0 Å². The standard InChI is InChI=1S/C20H25N3O5S2/c1-16(24)21-17-4-8-20(9-5-17)30(27,28)23-13-3-12-22(14-15-23)18-6-10-19(11-7-18)29(2,25)26/h4-11H,3,12-15H2,1-2H3,(H,21,24). The Morgan fingerprint density at radius 3 is 2.00 bits per heavy atom. The Labute approximate surface area is 177 Å². The van der Waals surface area contributed by atoms with Gasteiger partial charge in [-0.1, -0.05) is 0 Å². The van der Waals surface area contributed by atoms with Crippen LogP contribution in [0.4, 0.5) is 11.4 Å². The van der Waals surface area contributed by atoms with Gasteiger partial charge in [0.1, 0.15) is 0 Å². The minimum absolute atomic E-state index is 0.183. The molecule has 0 aromatic heterocycles. The van der Waals surface area contributed by atoms with Crippen LogP contribution in [0.15, 0.2) is 58.3 Å². The monoisotopic (exact) mass is 451 g/mol. The summed E-state index contributed by atoms with van der Waals surface area (Å²) in [6, 6.07) is 12.8. The van der Waals surface area contributed by atoms with Gasteiger partial charge in [-0.05, 0) is 55.0 Å². The van der Waals surface area contributed by atoms with E-state index in [4.69, 9.17) is 0 Å². The van der Waals surface area contributed by atoms with Crippen molar-refractivity contribution >= 4 is 37.1 Å². The first-order chi connectivity index (χ1) is 14.1. The molecule has 2 aromatic carbocycles. The fourth-order valence-corrected chi connectivity index (χ4v) is 5.46. The summed E-state index contributed by atoms with van der Waals surface area (Å²) < 4.78 is 50.8. The summed E-state index contributed by atoms with van der Waals surface area (Å²) in [7, 11) is -6.90. The molecule has 10 heteroatoms. The first-order valence-electron chi connectivity index (χ1n) is 9.50. The number of sulfonamides is 1. The highest BCUT2D eigenvalue weighted by Crippen LogP contribution is 2.23. The third-order valence-corrected chi connectivity index (χ3v) is 7.94. The number of nitrogens with zero attached hydrogens (tertiary/aromatic N) is 2. The lowest BCUT2D eigenvalue weighted by Crippen LogP contribution is -2.35. The Bertz CT molecular complexity index is 1110. The number of hydrogen-bond acceptors (Lipinski definition) is 6. The zero-order chi connectivity index (χ0) is 21.9. The molecule has 0 unspecified atom stereocenters. The zero-order valence-corrected chi connectivity index (χ0v) is 18.5. The maximum atomic E-state index is 13.0. The quantitative estimate of drug-likeness (QED) is 0.745. The van der Waals surface area contributed by atoms with E-state index in [2.05, 4.69) is 10.2 Å². The number of carbonyl (C=O) groups excluding carboxylic acids is 1. The van der Waals surface area contributed by atoms with Gasteiger partial charge in [-0.3, -0.25) is 4.79 Å². The molecule has 0 saturated carbocycles. The smallest absolute Gasteiger partial charge is 0.243 e. The lowest BCUT2D eigenvalue weighted by atomic mass is 10.2. The maximum Gasteiger partial charge on any atom is 0.243 e. The van der Waals surface area contributed by atoms with Crippen LogP contribution in [0.25, 0.3) is 0 Å². The van der Waals surface area contributed by atoms with Crippen LogP contribution in [-0.2, 0) is 24.7 Å². The number of anilines is 2. The summed E-state index contributed by atoms with van der Waals surface area (Å²) in [4.78, 5) is 13.6. The van der Waals surface area contributed by atoms with Gasteiger partial charge in [0.05, 0.1) is 9.79 Å². The van der Waals surface area contributed by atoms with Crippen molar-refractivity contribution in [2.45, 2.75) is 23.1 Å². The van der Waals surface area contributed by atoms with Crippen LogP contribution < -0.4 is 10.2 Å². The topological polar surface area (TPSA) is 104 Å². The lowest BCUT2D eigenvalue weighted by Gasteiger charge is -2.23. The second-order valence-corrected chi connectivity index (χ2v) is 11.2. The number of nitrogens with one attached hydrogen (secondary N) is 1. The lowest BCUT2D eigenvalue weighted by molar-refractivity contribution is -0.114. The molecule has 1 aliphatic heterocycles. The maximum absolute atomic E-state index is 13.0. The fraction of sp³-hybridized carbons (Fsp3) is 0.350. The van der Waals surface area contributed by atoms with E-state index in [1.165, 1.54) is 29.6 Å². The Balaban J connectivity index is 1.71. The molecule has 0 atom stereocenters. The van der Waals surface area contributed by atoms with E-state index >= 15 is 0 Å². The number of amides is 1. The number of carbonyl (C=O) groups is 1. The van der Waals surface area contributed by atoms with Gasteiger partial charge in [-0.15, -0.1) is 0 Å². The summed E-state index contributed by atoms with van der Waals surface area (Å²) in [6.45, 7) is 3.28. The van der Waals surface area contributed by atoms with Crippen LogP contribution in [-0.4, -0.2) is 59.5 Å². The summed E-state index contributed by atoms with van der Waals surface area (Å²) in [5, 5.41) is 2.62. The van der Waals surface area contributed by atoms with Crippen molar-refractivity contribution in [2.24, 2.45) is 0 Å². The van der Waals surface area contributed by atoms with Gasteiger partial charge in [0.2, 0.25) is 15.9 Å². The van der Waals surface area contributed by atoms with E-state index in [1.807, 2.05) is 0 Å². The molecule has 8 nitrogen and oxygen atoms in total. The zero-order valence-electron chi connectivity index (χ0n) is 16.9. The molecule has 1 heterocycles. The highest BCUT2D eigenvalue weighted by Gasteiger charge is 2.27. The molecule has 1 N–H and O–H groups in total. The molecule has 1 fully saturated rings. The highest BCUT2D eigenvalue weighted by molar-refractivity contribution is 7.90. The molecule has 1 saturated heterocycles. The number of sulfone groups is 1. The molecule has 1 amide bonds. The van der Waals surface area contributed by atoms with Gasteiger partial charge in [0, 0.05) is 50.7 Å². The van der Waals surface area contributed by atoms with E-state index in [-0.39, 0.29) is 15.7 Å². The minimum Gasteiger partial charge on any atom is -0.370 e. The van der Waals surface area contributed by atoms with Crippen LogP contribution in [0.1, 0.15) is 13.3 Å². The number of hydrogen-bond donors (Lipinski definition) is 1. The van der Waals surface area contributed by atoms with Crippen LogP contribution in [0.3, 0.4) is 0 Å². The van der Waals surface area contributed by atoms with E-state index < -0.39 is 19.9 Å². The van der Waals surface area contributed by atoms with Crippen molar-refractivity contribution in [3.05, 3.63) is 48.5 Å². The van der Waals surface area contributed by atoms with Crippen molar-refractivity contribution in [3.63, 3.8) is 0 Å². The molecule has 3 rings (SSSR count). The molecular weight excluding hydrogens is 426 g/mol. The SMILES string of the molecule is CC(=O)Nc1ccc(S(=O)(=O)N2CCCN(c3ccc(S(C)(=O)=O)cc3)CC2)cc1. The molecule has 0 spiro atoms. The molecule has 162 valence electrons. The Hall–Kier alpha value is -2.43. The van der Waals surface area contributed by atoms with E-state index in [1.54, 1.807) is 36.4 Å². The van der Waals surface area contributed by atoms with Crippen molar-refractivity contribution in [1.82, 2.24) is 4.31 Å². The molecule has 30 heavy (non-hydrogen) atoms. The van der Waals surface area contributed by atoms with Gasteiger partial charge < -0.3 is 10.2 Å². The molecular formula is C20H25N3O5S2. The van der Waals surface area contributed by atoms with Gasteiger partial charge in [-0.2, -0.15) is 4.31 Å². The minimum atomic E-state index is -3.65. The van der Waals surface area contributed by atoms with Gasteiger partial charge in [0.15, 0.2) is 9.84 Å². The van der Waals surface area contributed by atoms with Crippen molar-refractivity contribution in [1.29, 1.82) is 0 Å². The largest absolute Gasteiger partial charge is 0.370 e. The number of rotatable bonds is 5. The third-order valence-electron chi connectivity index (χ3n) is 4.90. The normalized spacial score (nSPS) is 16.1. The average molecular weight is 452 g/mol. The fourth-order valence-electron chi connectivity index (χ4n) is 3.36. The Morgan fingerprint density at radius 2 is 1.43 bits per heavy atom. The van der Waals surface area contributed by atoms with Crippen LogP contribution in [0, 0.1) is 0 Å². The Kier molecular flexibility index (Phi) is 6.49. The summed E-state index contributed by atoms with van der Waals surface area (Å²) in [6.07, 6.45) is 1.82. The summed E-state index contributed by atoms with van der Waals surface area (Å²) in [5.74, 6) is -0.220. The van der Waals surface area contributed by atoms with Crippen molar-refractivity contribution in [2.75, 3.05) is 42.7 Å². The molecule has 1 aliphatic rings. The first-order valence-corrected chi connectivity index (χ1v) is 12.8. The highest BCUT2D eigenvalue weighted by atomic mass is 32.2. The van der Waals surface area contributed by atoms with E-state index in [9.17, 15) is 21.6 Å². The molecule has 0 aliphatic carbocycles. The van der Waals surface area contributed by atoms with E-state index in [0.29, 0.717) is 38.3 Å². The third kappa shape index (κ3) is 5.18. The van der Waals surface area contributed by atoms with Gasteiger partial charge in [-0.25, -0.2) is 16.8 Å². The van der Waals surface area contributed by atoms with Crippen LogP contribution >= 0.6 is 0 Å².